The number of nitrogens with zero attached hydrogens (tertiary/aromatic N) is 3. The summed E-state index contributed by atoms with van der Waals surface area (Å²) in [6.07, 6.45) is 5.20. The molecular formula is C13H16N4O2. The normalized spacial score (nSPS) is 20.8. The summed E-state index contributed by atoms with van der Waals surface area (Å²) in [6.45, 7) is 1.85. The van der Waals surface area contributed by atoms with Gasteiger partial charge in [0.25, 0.3) is 0 Å². The van der Waals surface area contributed by atoms with Crippen LogP contribution in [0.1, 0.15) is 12.8 Å². The number of rotatable bonds is 2. The summed E-state index contributed by atoms with van der Waals surface area (Å²) in [5.74, 6) is -0.104. The molecule has 2 aliphatic heterocycles. The van der Waals surface area contributed by atoms with Gasteiger partial charge < -0.3 is 10.2 Å². The minimum atomic E-state index is -0.243. The number of carbonyl (C=O) groups excluding carboxylic acids is 2. The molecular weight excluding hydrogens is 244 g/mol. The van der Waals surface area contributed by atoms with Gasteiger partial charge in [0.05, 0.1) is 6.54 Å². The maximum absolute atomic E-state index is 11.7. The van der Waals surface area contributed by atoms with Crippen LogP contribution < -0.4 is 10.2 Å². The molecule has 2 saturated heterocycles. The lowest BCUT2D eigenvalue weighted by Gasteiger charge is -2.36. The van der Waals surface area contributed by atoms with Crippen LogP contribution in [0.2, 0.25) is 0 Å². The zero-order chi connectivity index (χ0) is 13.2. The number of hydrogen-bond acceptors (Lipinski definition) is 4. The standard InChI is InChI=1S/C13H16N4O2/c18-12-9-15-13(19)17(12)11-3-7-16(8-4-11)10-1-5-14-6-2-10/h1-2,5-6,11H,3-4,7-9H2,(H,15,19). The largest absolute Gasteiger partial charge is 0.371 e. The summed E-state index contributed by atoms with van der Waals surface area (Å²) in [6, 6.07) is 3.75. The van der Waals surface area contributed by atoms with Crippen LogP contribution >= 0.6 is 0 Å². The summed E-state index contributed by atoms with van der Waals surface area (Å²) in [7, 11) is 0. The SMILES string of the molecule is O=C1CNC(=O)N1C1CCN(c2ccncc2)CC1. The Labute approximate surface area is 111 Å². The van der Waals surface area contributed by atoms with E-state index in [1.807, 2.05) is 12.1 Å². The lowest BCUT2D eigenvalue weighted by Crippen LogP contribution is -2.47. The number of piperidine rings is 1. The van der Waals surface area contributed by atoms with Gasteiger partial charge in [0.15, 0.2) is 0 Å². The average Bonchev–Trinajstić information content (AvgIpc) is 2.79. The van der Waals surface area contributed by atoms with E-state index in [4.69, 9.17) is 0 Å². The van der Waals surface area contributed by atoms with Crippen LogP contribution in [0.3, 0.4) is 0 Å². The average molecular weight is 260 g/mol. The molecule has 0 spiro atoms. The summed E-state index contributed by atoms with van der Waals surface area (Å²) < 4.78 is 0. The van der Waals surface area contributed by atoms with Gasteiger partial charge >= 0.3 is 6.03 Å². The Hall–Kier alpha value is -2.11. The van der Waals surface area contributed by atoms with Crippen LogP contribution in [0.15, 0.2) is 24.5 Å². The topological polar surface area (TPSA) is 65.5 Å². The van der Waals surface area contributed by atoms with Crippen molar-refractivity contribution in [2.24, 2.45) is 0 Å². The highest BCUT2D eigenvalue weighted by atomic mass is 16.2. The summed E-state index contributed by atoms with van der Waals surface area (Å²) in [5.41, 5.74) is 1.14. The van der Waals surface area contributed by atoms with Crippen LogP contribution in [0, 0.1) is 0 Å². The second-order valence-corrected chi connectivity index (χ2v) is 4.85. The molecule has 2 aliphatic rings. The van der Waals surface area contributed by atoms with Crippen molar-refractivity contribution in [3.63, 3.8) is 0 Å². The van der Waals surface area contributed by atoms with Gasteiger partial charge in [0.1, 0.15) is 0 Å². The Morgan fingerprint density at radius 3 is 2.42 bits per heavy atom. The fourth-order valence-electron chi connectivity index (χ4n) is 2.74. The molecule has 0 bridgehead atoms. The summed E-state index contributed by atoms with van der Waals surface area (Å²) >= 11 is 0. The maximum atomic E-state index is 11.7. The van der Waals surface area contributed by atoms with Crippen molar-refractivity contribution in [2.75, 3.05) is 24.5 Å². The number of anilines is 1. The van der Waals surface area contributed by atoms with Crippen molar-refractivity contribution in [3.05, 3.63) is 24.5 Å². The fraction of sp³-hybridized carbons (Fsp3) is 0.462. The van der Waals surface area contributed by atoms with Gasteiger partial charge in [-0.3, -0.25) is 14.7 Å². The number of carbonyl (C=O) groups is 2. The molecule has 6 nitrogen and oxygen atoms in total. The van der Waals surface area contributed by atoms with Crippen LogP contribution in [-0.4, -0.2) is 47.5 Å². The lowest BCUT2D eigenvalue weighted by molar-refractivity contribution is -0.126. The molecule has 1 aromatic heterocycles. The van der Waals surface area contributed by atoms with Crippen LogP contribution in [0.4, 0.5) is 10.5 Å². The van der Waals surface area contributed by atoms with Gasteiger partial charge in [-0.15, -0.1) is 0 Å². The molecule has 0 aromatic carbocycles. The zero-order valence-electron chi connectivity index (χ0n) is 10.6. The van der Waals surface area contributed by atoms with Crippen LogP contribution in [0.25, 0.3) is 0 Å². The highest BCUT2D eigenvalue weighted by molar-refractivity contribution is 6.02. The highest BCUT2D eigenvalue weighted by Gasteiger charge is 2.36. The monoisotopic (exact) mass is 260 g/mol. The van der Waals surface area contributed by atoms with E-state index in [-0.39, 0.29) is 24.5 Å². The minimum Gasteiger partial charge on any atom is -0.371 e. The number of imide groups is 1. The molecule has 1 N–H and O–H groups in total. The molecule has 100 valence electrons. The van der Waals surface area contributed by atoms with E-state index in [9.17, 15) is 9.59 Å². The second kappa shape index (κ2) is 4.87. The number of pyridine rings is 1. The van der Waals surface area contributed by atoms with Gasteiger partial charge in [0, 0.05) is 37.2 Å². The first-order chi connectivity index (χ1) is 9.25. The van der Waals surface area contributed by atoms with Gasteiger partial charge in [-0.1, -0.05) is 0 Å². The predicted molar refractivity (Wildman–Crippen MR) is 69.7 cm³/mol. The second-order valence-electron chi connectivity index (χ2n) is 4.85. The minimum absolute atomic E-state index is 0.0353. The van der Waals surface area contributed by atoms with E-state index in [2.05, 4.69) is 15.2 Å². The smallest absolute Gasteiger partial charge is 0.324 e. The van der Waals surface area contributed by atoms with Crippen molar-refractivity contribution >= 4 is 17.6 Å². The number of urea groups is 1. The van der Waals surface area contributed by atoms with Crippen molar-refractivity contribution < 1.29 is 9.59 Å². The lowest BCUT2D eigenvalue weighted by atomic mass is 10.0. The Morgan fingerprint density at radius 2 is 1.84 bits per heavy atom. The molecule has 0 saturated carbocycles. The van der Waals surface area contributed by atoms with E-state index in [0.717, 1.165) is 31.6 Å². The molecule has 3 amide bonds. The summed E-state index contributed by atoms with van der Waals surface area (Å²) in [5, 5.41) is 2.58. The zero-order valence-corrected chi connectivity index (χ0v) is 10.6. The van der Waals surface area contributed by atoms with Gasteiger partial charge in [-0.25, -0.2) is 4.79 Å². The Morgan fingerprint density at radius 1 is 1.16 bits per heavy atom. The summed E-state index contributed by atoms with van der Waals surface area (Å²) in [4.78, 5) is 30.9. The molecule has 3 heterocycles. The van der Waals surface area contributed by atoms with Gasteiger partial charge in [-0.2, -0.15) is 0 Å². The molecule has 6 heteroatoms. The first-order valence-corrected chi connectivity index (χ1v) is 6.50. The van der Waals surface area contributed by atoms with Crippen molar-refractivity contribution in [1.29, 1.82) is 0 Å². The van der Waals surface area contributed by atoms with Gasteiger partial charge in [0.2, 0.25) is 5.91 Å². The molecule has 0 atom stereocenters. The Kier molecular flexibility index (Phi) is 3.06. The third-order valence-electron chi connectivity index (χ3n) is 3.74. The molecule has 0 aliphatic carbocycles. The van der Waals surface area contributed by atoms with Crippen LogP contribution in [-0.2, 0) is 4.79 Å². The van der Waals surface area contributed by atoms with Crippen molar-refractivity contribution in [3.8, 4) is 0 Å². The van der Waals surface area contributed by atoms with E-state index < -0.39 is 0 Å². The number of amides is 3. The molecule has 0 radical (unpaired) electrons. The molecule has 1 aromatic rings. The van der Waals surface area contributed by atoms with Crippen molar-refractivity contribution in [1.82, 2.24) is 15.2 Å². The van der Waals surface area contributed by atoms with Crippen molar-refractivity contribution in [2.45, 2.75) is 18.9 Å². The first-order valence-electron chi connectivity index (χ1n) is 6.50. The number of nitrogens with one attached hydrogen (secondary N) is 1. The van der Waals surface area contributed by atoms with Crippen LogP contribution in [0.5, 0.6) is 0 Å². The first kappa shape index (κ1) is 12.0. The third kappa shape index (κ3) is 2.25. The fourth-order valence-corrected chi connectivity index (χ4v) is 2.74. The third-order valence-corrected chi connectivity index (χ3v) is 3.74. The quantitative estimate of drug-likeness (QED) is 0.791. The Balaban J connectivity index is 1.64. The number of aromatic nitrogens is 1. The van der Waals surface area contributed by atoms with E-state index >= 15 is 0 Å². The van der Waals surface area contributed by atoms with E-state index in [1.165, 1.54) is 4.90 Å². The molecule has 19 heavy (non-hydrogen) atoms. The highest BCUT2D eigenvalue weighted by Crippen LogP contribution is 2.23. The molecule has 2 fully saturated rings. The maximum Gasteiger partial charge on any atom is 0.324 e. The van der Waals surface area contributed by atoms with Gasteiger partial charge in [-0.05, 0) is 25.0 Å². The van der Waals surface area contributed by atoms with E-state index in [0.29, 0.717) is 0 Å². The number of hydrogen-bond donors (Lipinski definition) is 1. The van der Waals surface area contributed by atoms with E-state index in [1.54, 1.807) is 12.4 Å². The Bertz CT molecular complexity index is 467. The molecule has 3 rings (SSSR count). The molecule has 0 unspecified atom stereocenters. The predicted octanol–water partition coefficient (Wildman–Crippen LogP) is 0.602.